The molecule has 1 aliphatic heterocycles. The van der Waals surface area contributed by atoms with Crippen molar-refractivity contribution in [2.24, 2.45) is 11.5 Å². The molecule has 3 amide bonds. The standard InChI is InChI=1S/C24H30N8O2S.C16H22N6OS/c1-15-12-20(35-29-15)28-23-21(22(25)33)26-13-19(27-23)31(4)18-6-5-11-32(14-18)24(34)16-7-9-17(10-8-16)30(2)3;1-10-8-13(24-21-10)20-16-14(15(17)23)18-9-12(19-16)22(2)11-6-4-3-5-7-11/h7-10,12-13,18H,5-6,11,14H2,1-4H3,(H2,25,33)(H,27,28);8-9,11H,3-7H2,1-2H3,(H2,17,23)(H,19,20)/t18-;/m0./s1. The summed E-state index contributed by atoms with van der Waals surface area (Å²) < 4.78 is 8.47. The van der Waals surface area contributed by atoms with Gasteiger partial charge in [0.1, 0.15) is 21.6 Å². The number of aromatic nitrogens is 6. The Morgan fingerprint density at radius 3 is 1.66 bits per heavy atom. The minimum absolute atomic E-state index is 0.0199. The lowest BCUT2D eigenvalue weighted by atomic mass is 9.94. The van der Waals surface area contributed by atoms with Crippen molar-refractivity contribution < 1.29 is 14.4 Å². The van der Waals surface area contributed by atoms with Crippen LogP contribution in [0.2, 0.25) is 0 Å². The smallest absolute Gasteiger partial charge is 0.271 e. The van der Waals surface area contributed by atoms with E-state index in [-0.39, 0.29) is 29.2 Å². The first-order valence-electron chi connectivity index (χ1n) is 19.5. The molecule has 1 aliphatic carbocycles. The largest absolute Gasteiger partial charge is 0.378 e. The van der Waals surface area contributed by atoms with Crippen LogP contribution in [0.3, 0.4) is 0 Å². The third kappa shape index (κ3) is 10.8. The molecule has 1 aromatic carbocycles. The summed E-state index contributed by atoms with van der Waals surface area (Å²) in [6.07, 6.45) is 11.1. The van der Waals surface area contributed by atoms with Crippen molar-refractivity contribution in [3.8, 4) is 0 Å². The number of carbonyl (C=O) groups is 3. The third-order valence-electron chi connectivity index (χ3n) is 10.4. The summed E-state index contributed by atoms with van der Waals surface area (Å²) in [4.78, 5) is 62.6. The lowest BCUT2D eigenvalue weighted by Crippen LogP contribution is -2.49. The Hall–Kier alpha value is -5.95. The van der Waals surface area contributed by atoms with Crippen LogP contribution in [0.25, 0.3) is 0 Å². The van der Waals surface area contributed by atoms with Crippen LogP contribution in [0.1, 0.15) is 87.7 Å². The Balaban J connectivity index is 0.000000213. The number of carbonyl (C=O) groups excluding carboxylic acids is 3. The molecule has 1 atom stereocenters. The highest BCUT2D eigenvalue weighted by Crippen LogP contribution is 2.29. The zero-order chi connectivity index (χ0) is 42.2. The van der Waals surface area contributed by atoms with Crippen LogP contribution >= 0.6 is 23.1 Å². The minimum atomic E-state index is -0.662. The zero-order valence-corrected chi connectivity index (χ0v) is 35.9. The number of amides is 3. The van der Waals surface area contributed by atoms with Crippen molar-refractivity contribution in [1.29, 1.82) is 0 Å². The van der Waals surface area contributed by atoms with Gasteiger partial charge < -0.3 is 41.7 Å². The SMILES string of the molecule is Cc1cc(Nc2nc(N(C)C3CCCCC3)cnc2C(N)=O)sn1.Cc1cc(Nc2nc(N(C)[C@H]3CCCN(C(=O)c4ccc(N(C)C)cc4)C3)cnc2C(N)=O)sn1. The van der Waals surface area contributed by atoms with Gasteiger partial charge in [-0.3, -0.25) is 14.4 Å². The summed E-state index contributed by atoms with van der Waals surface area (Å²) in [7, 11) is 7.91. The van der Waals surface area contributed by atoms with Gasteiger partial charge in [0.15, 0.2) is 23.0 Å². The van der Waals surface area contributed by atoms with Gasteiger partial charge in [-0.2, -0.15) is 8.75 Å². The van der Waals surface area contributed by atoms with Crippen molar-refractivity contribution in [2.45, 2.75) is 70.9 Å². The van der Waals surface area contributed by atoms with Crippen LogP contribution in [0.15, 0.2) is 48.8 Å². The molecular weight excluding hydrogens is 789 g/mol. The summed E-state index contributed by atoms with van der Waals surface area (Å²) >= 11 is 2.58. The molecule has 4 aromatic heterocycles. The van der Waals surface area contributed by atoms with Gasteiger partial charge in [0, 0.05) is 64.6 Å². The molecule has 7 rings (SSSR count). The number of nitrogens with zero attached hydrogens (tertiary/aromatic N) is 10. The number of hydrogen-bond donors (Lipinski definition) is 4. The maximum absolute atomic E-state index is 13.2. The van der Waals surface area contributed by atoms with Crippen molar-refractivity contribution in [3.05, 3.63) is 77.1 Å². The average molecular weight is 841 g/mol. The predicted molar refractivity (Wildman–Crippen MR) is 235 cm³/mol. The van der Waals surface area contributed by atoms with E-state index in [2.05, 4.69) is 44.2 Å². The maximum Gasteiger partial charge on any atom is 0.271 e. The van der Waals surface area contributed by atoms with E-state index >= 15 is 0 Å². The highest BCUT2D eigenvalue weighted by Gasteiger charge is 2.29. The first-order valence-corrected chi connectivity index (χ1v) is 21.1. The number of nitrogens with one attached hydrogen (secondary N) is 2. The molecule has 5 aromatic rings. The molecule has 19 heteroatoms. The summed E-state index contributed by atoms with van der Waals surface area (Å²) in [6, 6.07) is 11.9. The second kappa shape index (κ2) is 19.2. The fourth-order valence-corrected chi connectivity index (χ4v) is 8.42. The molecule has 6 N–H and O–H groups in total. The van der Waals surface area contributed by atoms with E-state index in [4.69, 9.17) is 11.5 Å². The van der Waals surface area contributed by atoms with Gasteiger partial charge in [-0.1, -0.05) is 19.3 Å². The number of piperidine rings is 1. The quantitative estimate of drug-likeness (QED) is 0.118. The second-order valence-corrected chi connectivity index (χ2v) is 16.6. The van der Waals surface area contributed by atoms with Gasteiger partial charge in [-0.15, -0.1) is 0 Å². The monoisotopic (exact) mass is 840 g/mol. The fraction of sp³-hybridized carbons (Fsp3) is 0.425. The molecule has 2 fully saturated rings. The van der Waals surface area contributed by atoms with Gasteiger partial charge in [0.05, 0.1) is 23.8 Å². The van der Waals surface area contributed by atoms with Crippen LogP contribution in [0.5, 0.6) is 0 Å². The highest BCUT2D eigenvalue weighted by atomic mass is 32.1. The molecule has 17 nitrogen and oxygen atoms in total. The number of rotatable bonds is 12. The Kier molecular flexibility index (Phi) is 13.9. The number of benzene rings is 1. The first kappa shape index (κ1) is 42.7. The van der Waals surface area contributed by atoms with E-state index in [1.54, 1.807) is 12.4 Å². The van der Waals surface area contributed by atoms with Gasteiger partial charge in [0.2, 0.25) is 0 Å². The molecule has 2 aliphatic rings. The van der Waals surface area contributed by atoms with Crippen molar-refractivity contribution in [1.82, 2.24) is 33.6 Å². The number of hydrogen-bond acceptors (Lipinski definition) is 16. The Labute approximate surface area is 352 Å². The van der Waals surface area contributed by atoms with Gasteiger partial charge >= 0.3 is 0 Å². The summed E-state index contributed by atoms with van der Waals surface area (Å²) in [6.45, 7) is 5.08. The highest BCUT2D eigenvalue weighted by molar-refractivity contribution is 7.10. The Morgan fingerprint density at radius 1 is 0.712 bits per heavy atom. The zero-order valence-electron chi connectivity index (χ0n) is 34.3. The molecule has 0 unspecified atom stereocenters. The number of anilines is 7. The van der Waals surface area contributed by atoms with Crippen LogP contribution in [0.4, 0.5) is 39.0 Å². The number of aryl methyl sites for hydroxylation is 2. The topological polar surface area (TPSA) is 218 Å². The number of nitrogens with two attached hydrogens (primary N) is 2. The van der Waals surface area contributed by atoms with Crippen LogP contribution in [-0.2, 0) is 0 Å². The summed E-state index contributed by atoms with van der Waals surface area (Å²) in [5.74, 6) is 0.764. The molecule has 0 spiro atoms. The van der Waals surface area contributed by atoms with Crippen molar-refractivity contribution in [3.63, 3.8) is 0 Å². The van der Waals surface area contributed by atoms with Gasteiger partial charge in [0.25, 0.3) is 17.7 Å². The van der Waals surface area contributed by atoms with Gasteiger partial charge in [-0.05, 0) is 99.0 Å². The van der Waals surface area contributed by atoms with E-state index in [9.17, 15) is 14.4 Å². The fourth-order valence-electron chi connectivity index (χ4n) is 7.10. The van der Waals surface area contributed by atoms with E-state index in [1.807, 2.05) is 93.1 Å². The molecule has 59 heavy (non-hydrogen) atoms. The van der Waals surface area contributed by atoms with E-state index < -0.39 is 11.8 Å². The summed E-state index contributed by atoms with van der Waals surface area (Å²) in [5, 5.41) is 7.80. The van der Waals surface area contributed by atoms with Crippen LogP contribution in [-0.4, -0.2) is 105 Å². The Morgan fingerprint density at radius 2 is 1.20 bits per heavy atom. The molecule has 0 radical (unpaired) electrons. The van der Waals surface area contributed by atoms with E-state index in [1.165, 1.54) is 42.3 Å². The predicted octanol–water partition coefficient (Wildman–Crippen LogP) is 5.74. The van der Waals surface area contributed by atoms with Crippen molar-refractivity contribution >= 4 is 79.7 Å². The molecule has 1 saturated heterocycles. The average Bonchev–Trinajstić information content (AvgIpc) is 3.86. The lowest BCUT2D eigenvalue weighted by Gasteiger charge is -2.38. The molecular formula is C40H52N14O3S2. The van der Waals surface area contributed by atoms with E-state index in [0.29, 0.717) is 36.3 Å². The second-order valence-electron chi connectivity index (χ2n) is 15.0. The molecule has 5 heterocycles. The number of primary amides is 2. The normalized spacial score (nSPS) is 15.4. The molecule has 1 saturated carbocycles. The third-order valence-corrected chi connectivity index (χ3v) is 12.0. The van der Waals surface area contributed by atoms with Crippen molar-refractivity contribution in [2.75, 3.05) is 66.6 Å². The maximum atomic E-state index is 13.2. The van der Waals surface area contributed by atoms with Crippen LogP contribution in [0, 0.1) is 13.8 Å². The van der Waals surface area contributed by atoms with Crippen LogP contribution < -0.4 is 36.8 Å². The summed E-state index contributed by atoms with van der Waals surface area (Å²) in [5.41, 5.74) is 14.7. The lowest BCUT2D eigenvalue weighted by molar-refractivity contribution is 0.0707. The molecule has 312 valence electrons. The first-order chi connectivity index (χ1) is 28.3. The van der Waals surface area contributed by atoms with Gasteiger partial charge in [-0.25, -0.2) is 19.9 Å². The Bertz CT molecular complexity index is 2240. The number of likely N-dealkylation sites (N-methyl/N-ethyl adjacent to an activating group) is 1. The number of likely N-dealkylation sites (tertiary alicyclic amines) is 1. The van der Waals surface area contributed by atoms with E-state index in [0.717, 1.165) is 58.6 Å². The minimum Gasteiger partial charge on any atom is -0.378 e. The molecule has 0 bridgehead atoms.